The van der Waals surface area contributed by atoms with Gasteiger partial charge in [-0.05, 0) is 19.1 Å². The number of sulfonamides is 1. The molecule has 0 bridgehead atoms. The summed E-state index contributed by atoms with van der Waals surface area (Å²) in [7, 11) is -3.78. The molecule has 0 atom stereocenters. The molecule has 0 aliphatic rings. The summed E-state index contributed by atoms with van der Waals surface area (Å²) < 4.78 is 26.7. The zero-order chi connectivity index (χ0) is 17.0. The van der Waals surface area contributed by atoms with Gasteiger partial charge in [-0.1, -0.05) is 29.5 Å². The molecule has 1 aromatic carbocycles. The molecular formula is C13H14N4O4S2. The lowest BCUT2D eigenvalue weighted by molar-refractivity contribution is -0.117. The fourth-order valence-corrected chi connectivity index (χ4v) is 3.81. The summed E-state index contributed by atoms with van der Waals surface area (Å²) in [6, 6.07) is 7.80. The quantitative estimate of drug-likeness (QED) is 0.694. The number of hydrogen-bond donors (Lipinski definition) is 3. The van der Waals surface area contributed by atoms with Crippen LogP contribution in [0.1, 0.15) is 15.4 Å². The molecule has 2 aromatic rings. The van der Waals surface area contributed by atoms with Gasteiger partial charge in [0.15, 0.2) is 5.13 Å². The Morgan fingerprint density at radius 1 is 1.26 bits per heavy atom. The van der Waals surface area contributed by atoms with Crippen molar-refractivity contribution in [2.45, 2.75) is 11.8 Å². The number of carbonyl (C=O) groups is 2. The van der Waals surface area contributed by atoms with Crippen molar-refractivity contribution in [2.24, 2.45) is 5.73 Å². The number of hydrogen-bond acceptors (Lipinski definition) is 6. The first-order chi connectivity index (χ1) is 10.8. The van der Waals surface area contributed by atoms with Gasteiger partial charge in [-0.25, -0.2) is 13.4 Å². The molecule has 0 radical (unpaired) electrons. The molecule has 23 heavy (non-hydrogen) atoms. The lowest BCUT2D eigenvalue weighted by Crippen LogP contribution is -2.33. The number of benzene rings is 1. The van der Waals surface area contributed by atoms with Crippen LogP contribution in [0, 0.1) is 6.92 Å². The third-order valence-corrected chi connectivity index (χ3v) is 5.26. The van der Waals surface area contributed by atoms with E-state index in [9.17, 15) is 18.0 Å². The van der Waals surface area contributed by atoms with Crippen molar-refractivity contribution in [1.82, 2.24) is 10.3 Å². The third-order valence-electron chi connectivity index (χ3n) is 2.70. The van der Waals surface area contributed by atoms with Gasteiger partial charge in [-0.3, -0.25) is 14.3 Å². The monoisotopic (exact) mass is 354 g/mol. The number of nitrogens with zero attached hydrogens (tertiary/aromatic N) is 1. The molecule has 8 nitrogen and oxygen atoms in total. The minimum Gasteiger partial charge on any atom is -0.368 e. The average Bonchev–Trinajstić information content (AvgIpc) is 2.85. The molecule has 4 N–H and O–H groups in total. The molecule has 0 saturated carbocycles. The first kappa shape index (κ1) is 16.9. The number of aryl methyl sites for hydroxylation is 1. The Morgan fingerprint density at radius 3 is 2.52 bits per heavy atom. The normalized spacial score (nSPS) is 11.0. The fraction of sp³-hybridized carbons (Fsp3) is 0.154. The fourth-order valence-electron chi connectivity index (χ4n) is 1.67. The van der Waals surface area contributed by atoms with Crippen LogP contribution < -0.4 is 15.8 Å². The maximum Gasteiger partial charge on any atom is 0.263 e. The summed E-state index contributed by atoms with van der Waals surface area (Å²) in [5, 5.41) is 2.39. The van der Waals surface area contributed by atoms with Gasteiger partial charge in [0.05, 0.1) is 17.1 Å². The highest BCUT2D eigenvalue weighted by Crippen LogP contribution is 2.25. The van der Waals surface area contributed by atoms with E-state index in [1.165, 1.54) is 12.1 Å². The Labute approximate surface area is 136 Å². The highest BCUT2D eigenvalue weighted by Gasteiger charge is 2.20. The number of carbonyl (C=O) groups excluding carboxylic acids is 2. The number of primary amides is 1. The van der Waals surface area contributed by atoms with Crippen molar-refractivity contribution in [3.8, 4) is 0 Å². The molecule has 0 fully saturated rings. The molecule has 1 heterocycles. The van der Waals surface area contributed by atoms with E-state index in [4.69, 9.17) is 5.73 Å². The van der Waals surface area contributed by atoms with Gasteiger partial charge in [0.2, 0.25) is 5.91 Å². The first-order valence-corrected chi connectivity index (χ1v) is 8.71. The SMILES string of the molecule is Cc1nc(NS(=O)(=O)c2ccccc2)sc1C(=O)NCC(N)=O. The van der Waals surface area contributed by atoms with Crippen molar-refractivity contribution >= 4 is 38.3 Å². The van der Waals surface area contributed by atoms with E-state index >= 15 is 0 Å². The van der Waals surface area contributed by atoms with Crippen LogP contribution in [0.15, 0.2) is 35.2 Å². The molecule has 10 heteroatoms. The highest BCUT2D eigenvalue weighted by atomic mass is 32.2. The molecular weight excluding hydrogens is 340 g/mol. The number of rotatable bonds is 6. The molecule has 2 amide bonds. The Bertz CT molecular complexity index is 831. The van der Waals surface area contributed by atoms with Gasteiger partial charge in [-0.2, -0.15) is 0 Å². The van der Waals surface area contributed by atoms with E-state index in [1.807, 2.05) is 0 Å². The van der Waals surface area contributed by atoms with Gasteiger partial charge in [-0.15, -0.1) is 0 Å². The van der Waals surface area contributed by atoms with Gasteiger partial charge < -0.3 is 11.1 Å². The van der Waals surface area contributed by atoms with Crippen LogP contribution >= 0.6 is 11.3 Å². The molecule has 0 spiro atoms. The topological polar surface area (TPSA) is 131 Å². The molecule has 1 aromatic heterocycles. The third kappa shape index (κ3) is 4.27. The number of nitrogens with two attached hydrogens (primary N) is 1. The van der Waals surface area contributed by atoms with Crippen molar-refractivity contribution in [3.63, 3.8) is 0 Å². The Balaban J connectivity index is 2.18. The van der Waals surface area contributed by atoms with Crippen LogP contribution in [-0.4, -0.2) is 31.8 Å². The van der Waals surface area contributed by atoms with E-state index in [1.54, 1.807) is 25.1 Å². The number of thiazole rings is 1. The highest BCUT2D eigenvalue weighted by molar-refractivity contribution is 7.93. The number of aromatic nitrogens is 1. The molecule has 2 rings (SSSR count). The van der Waals surface area contributed by atoms with E-state index in [2.05, 4.69) is 15.0 Å². The Morgan fingerprint density at radius 2 is 1.91 bits per heavy atom. The largest absolute Gasteiger partial charge is 0.368 e. The lowest BCUT2D eigenvalue weighted by Gasteiger charge is -2.04. The van der Waals surface area contributed by atoms with Gasteiger partial charge in [0, 0.05) is 0 Å². The van der Waals surface area contributed by atoms with Crippen LogP contribution in [0.2, 0.25) is 0 Å². The number of anilines is 1. The van der Waals surface area contributed by atoms with Crippen molar-refractivity contribution in [1.29, 1.82) is 0 Å². The number of amides is 2. The maximum atomic E-state index is 12.2. The van der Waals surface area contributed by atoms with E-state index in [-0.39, 0.29) is 21.4 Å². The number of nitrogens with one attached hydrogen (secondary N) is 2. The van der Waals surface area contributed by atoms with Crippen LogP contribution in [0.4, 0.5) is 5.13 Å². The molecule has 0 aliphatic carbocycles. The van der Waals surface area contributed by atoms with Gasteiger partial charge in [0.1, 0.15) is 4.88 Å². The summed E-state index contributed by atoms with van der Waals surface area (Å²) >= 11 is 0.875. The molecule has 0 aliphatic heterocycles. The Hall–Kier alpha value is -2.46. The second-order valence-corrected chi connectivity index (χ2v) is 7.18. The van der Waals surface area contributed by atoms with Crippen LogP contribution in [-0.2, 0) is 14.8 Å². The van der Waals surface area contributed by atoms with Crippen molar-refractivity contribution < 1.29 is 18.0 Å². The predicted molar refractivity (Wildman–Crippen MR) is 85.6 cm³/mol. The minimum absolute atomic E-state index is 0.0654. The summed E-state index contributed by atoms with van der Waals surface area (Å²) in [6.45, 7) is 1.26. The minimum atomic E-state index is -3.78. The zero-order valence-electron chi connectivity index (χ0n) is 12.1. The summed E-state index contributed by atoms with van der Waals surface area (Å²) in [5.41, 5.74) is 5.30. The summed E-state index contributed by atoms with van der Waals surface area (Å²) in [5.74, 6) is -1.21. The smallest absolute Gasteiger partial charge is 0.263 e. The van der Waals surface area contributed by atoms with Crippen LogP contribution in [0.25, 0.3) is 0 Å². The second kappa shape index (κ2) is 6.75. The average molecular weight is 354 g/mol. The van der Waals surface area contributed by atoms with Crippen LogP contribution in [0.5, 0.6) is 0 Å². The second-order valence-electron chi connectivity index (χ2n) is 4.50. The first-order valence-electron chi connectivity index (χ1n) is 6.41. The van der Waals surface area contributed by atoms with Gasteiger partial charge >= 0.3 is 0 Å². The molecule has 122 valence electrons. The molecule has 0 saturated heterocycles. The van der Waals surface area contributed by atoms with E-state index < -0.39 is 21.8 Å². The molecule has 0 unspecified atom stereocenters. The van der Waals surface area contributed by atoms with E-state index in [0.29, 0.717) is 5.69 Å². The van der Waals surface area contributed by atoms with E-state index in [0.717, 1.165) is 11.3 Å². The van der Waals surface area contributed by atoms with Crippen molar-refractivity contribution in [3.05, 3.63) is 40.9 Å². The van der Waals surface area contributed by atoms with Crippen molar-refractivity contribution in [2.75, 3.05) is 11.3 Å². The standard InChI is InChI=1S/C13H14N4O4S2/c1-8-11(12(19)15-7-10(14)18)22-13(16-8)17-23(20,21)9-5-3-2-4-6-9/h2-6H,7H2,1H3,(H2,14,18)(H,15,19)(H,16,17). The van der Waals surface area contributed by atoms with Gasteiger partial charge in [0.25, 0.3) is 15.9 Å². The van der Waals surface area contributed by atoms with Crippen LogP contribution in [0.3, 0.4) is 0 Å². The Kier molecular flexibility index (Phi) is 4.96. The predicted octanol–water partition coefficient (Wildman–Crippen LogP) is 0.467. The lowest BCUT2D eigenvalue weighted by atomic mass is 10.4. The maximum absolute atomic E-state index is 12.2. The summed E-state index contributed by atoms with van der Waals surface area (Å²) in [6.07, 6.45) is 0. The summed E-state index contributed by atoms with van der Waals surface area (Å²) in [4.78, 5) is 26.9. The zero-order valence-corrected chi connectivity index (χ0v) is 13.7.